The number of hydrogen-bond donors (Lipinski definition) is 3. The summed E-state index contributed by atoms with van der Waals surface area (Å²) in [6, 6.07) is 7.30. The second kappa shape index (κ2) is 15.1. The van der Waals surface area contributed by atoms with E-state index in [1.165, 1.54) is 0 Å². The molecule has 9 nitrogen and oxygen atoms in total. The Labute approximate surface area is 181 Å². The number of nitrogens with one attached hydrogen (secondary N) is 1. The maximum absolute atomic E-state index is 12.2. The minimum absolute atomic E-state index is 0.0634. The van der Waals surface area contributed by atoms with Crippen molar-refractivity contribution in [2.24, 2.45) is 0 Å². The van der Waals surface area contributed by atoms with Crippen molar-refractivity contribution in [3.8, 4) is 5.75 Å². The third-order valence-corrected chi connectivity index (χ3v) is 3.72. The third-order valence-electron chi connectivity index (χ3n) is 3.48. The average Bonchev–Trinajstić information content (AvgIpc) is 2.63. The monoisotopic (exact) mass is 443 g/mol. The fourth-order valence-corrected chi connectivity index (χ4v) is 2.22. The zero-order chi connectivity index (χ0) is 23.1. The van der Waals surface area contributed by atoms with E-state index >= 15 is 0 Å². The maximum Gasteiger partial charge on any atom is 0.328 e. The number of carbonyl (C=O) groups excluding carboxylic acids is 1. The summed E-state index contributed by atoms with van der Waals surface area (Å²) in [7, 11) is 3.95. The molecule has 0 bridgehead atoms. The Morgan fingerprint density at radius 2 is 1.73 bits per heavy atom. The SMILES string of the molecule is CC(C)N(CCOc1cccc(Cl)c1)C(=O)NCCN(C)C.O=C(O)/C=C\C(=O)O. The summed E-state index contributed by atoms with van der Waals surface area (Å²) in [5.74, 6) is -1.80. The molecule has 0 atom stereocenters. The van der Waals surface area contributed by atoms with Gasteiger partial charge in [-0.15, -0.1) is 0 Å². The molecule has 0 saturated carbocycles. The minimum Gasteiger partial charge on any atom is -0.492 e. The van der Waals surface area contributed by atoms with Crippen molar-refractivity contribution < 1.29 is 29.3 Å². The molecule has 3 N–H and O–H groups in total. The molecule has 0 spiro atoms. The van der Waals surface area contributed by atoms with E-state index in [-0.39, 0.29) is 12.1 Å². The van der Waals surface area contributed by atoms with Gasteiger partial charge in [0.25, 0.3) is 0 Å². The standard InChI is InChI=1S/C16H26ClN3O2.C4H4O4/c1-13(2)20(16(21)18-8-9-19(3)4)10-11-22-15-7-5-6-14(17)12-15;5-3(6)1-2-4(7)8/h5-7,12-13H,8-11H2,1-4H3,(H,18,21);1-2H,(H,5,6)(H,7,8)/b;2-1-. The highest BCUT2D eigenvalue weighted by atomic mass is 35.5. The van der Waals surface area contributed by atoms with Gasteiger partial charge in [0.2, 0.25) is 0 Å². The van der Waals surface area contributed by atoms with Crippen molar-refractivity contribution in [3.05, 3.63) is 41.4 Å². The quantitative estimate of drug-likeness (QED) is 0.475. The van der Waals surface area contributed by atoms with Gasteiger partial charge in [-0.1, -0.05) is 17.7 Å². The molecule has 1 rings (SSSR count). The van der Waals surface area contributed by atoms with Gasteiger partial charge in [0.1, 0.15) is 12.4 Å². The van der Waals surface area contributed by atoms with E-state index in [0.717, 1.165) is 6.54 Å². The number of likely N-dealkylation sites (N-methyl/N-ethyl adjacent to an activating group) is 1. The number of ether oxygens (including phenoxy) is 1. The van der Waals surface area contributed by atoms with Gasteiger partial charge in [0, 0.05) is 36.3 Å². The number of hydrogen-bond acceptors (Lipinski definition) is 5. The minimum atomic E-state index is -1.26. The van der Waals surface area contributed by atoms with Crippen LogP contribution in [0.2, 0.25) is 5.02 Å². The smallest absolute Gasteiger partial charge is 0.328 e. The molecule has 0 aliphatic carbocycles. The van der Waals surface area contributed by atoms with Crippen molar-refractivity contribution in [2.75, 3.05) is 40.3 Å². The third kappa shape index (κ3) is 14.3. The van der Waals surface area contributed by atoms with Crippen LogP contribution in [0.5, 0.6) is 5.75 Å². The zero-order valence-electron chi connectivity index (χ0n) is 17.7. The summed E-state index contributed by atoms with van der Waals surface area (Å²) in [6.07, 6.45) is 1.12. The second-order valence-corrected chi connectivity index (χ2v) is 7.07. The van der Waals surface area contributed by atoms with Crippen LogP contribution in [0.15, 0.2) is 36.4 Å². The molecule has 168 valence electrons. The van der Waals surface area contributed by atoms with Gasteiger partial charge < -0.3 is 30.1 Å². The molecule has 1 aromatic rings. The molecule has 0 fully saturated rings. The normalized spacial score (nSPS) is 10.5. The van der Waals surface area contributed by atoms with Gasteiger partial charge in [-0.3, -0.25) is 0 Å². The van der Waals surface area contributed by atoms with Gasteiger partial charge >= 0.3 is 18.0 Å². The number of carboxylic acid groups (broad SMARTS) is 2. The van der Waals surface area contributed by atoms with Crippen LogP contribution in [0.1, 0.15) is 13.8 Å². The Morgan fingerprint density at radius 3 is 2.20 bits per heavy atom. The summed E-state index contributed by atoms with van der Waals surface area (Å²) in [6.45, 7) is 6.38. The van der Waals surface area contributed by atoms with Gasteiger partial charge in [-0.25, -0.2) is 14.4 Å². The Balaban J connectivity index is 0.000000890. The van der Waals surface area contributed by atoms with E-state index in [0.29, 0.717) is 42.6 Å². The first-order chi connectivity index (χ1) is 14.0. The van der Waals surface area contributed by atoms with Crippen molar-refractivity contribution >= 4 is 29.6 Å². The number of urea groups is 1. The predicted octanol–water partition coefficient (Wildman–Crippen LogP) is 2.41. The number of aliphatic carboxylic acids is 2. The maximum atomic E-state index is 12.2. The molecule has 0 saturated heterocycles. The number of rotatable bonds is 10. The topological polar surface area (TPSA) is 119 Å². The Morgan fingerprint density at radius 1 is 1.13 bits per heavy atom. The van der Waals surface area contributed by atoms with Crippen LogP contribution in [-0.4, -0.2) is 84.4 Å². The number of carboxylic acids is 2. The van der Waals surface area contributed by atoms with Crippen LogP contribution in [0.4, 0.5) is 4.79 Å². The Kier molecular flexibility index (Phi) is 13.7. The van der Waals surface area contributed by atoms with Crippen LogP contribution in [0, 0.1) is 0 Å². The van der Waals surface area contributed by atoms with E-state index < -0.39 is 11.9 Å². The Hall–Kier alpha value is -2.78. The van der Waals surface area contributed by atoms with Gasteiger partial charge in [-0.05, 0) is 46.1 Å². The molecule has 0 aliphatic rings. The van der Waals surface area contributed by atoms with E-state index in [1.54, 1.807) is 17.0 Å². The first kappa shape index (κ1) is 27.2. The van der Waals surface area contributed by atoms with Crippen LogP contribution < -0.4 is 10.1 Å². The number of nitrogens with zero attached hydrogens (tertiary/aromatic N) is 2. The van der Waals surface area contributed by atoms with Crippen LogP contribution in [0.25, 0.3) is 0 Å². The molecule has 0 radical (unpaired) electrons. The lowest BCUT2D eigenvalue weighted by molar-refractivity contribution is -0.134. The van der Waals surface area contributed by atoms with Gasteiger partial charge in [0.05, 0.1) is 6.54 Å². The lowest BCUT2D eigenvalue weighted by atomic mass is 10.3. The number of benzene rings is 1. The summed E-state index contributed by atoms with van der Waals surface area (Å²) >= 11 is 5.91. The first-order valence-corrected chi connectivity index (χ1v) is 9.62. The van der Waals surface area contributed by atoms with Crippen molar-refractivity contribution in [2.45, 2.75) is 19.9 Å². The summed E-state index contributed by atoms with van der Waals surface area (Å²) < 4.78 is 5.65. The summed E-state index contributed by atoms with van der Waals surface area (Å²) in [4.78, 5) is 35.1. The van der Waals surface area contributed by atoms with Crippen LogP contribution >= 0.6 is 11.6 Å². The lowest BCUT2D eigenvalue weighted by Crippen LogP contribution is -2.47. The number of halogens is 1. The van der Waals surface area contributed by atoms with E-state index in [4.69, 9.17) is 26.6 Å². The van der Waals surface area contributed by atoms with Gasteiger partial charge in [-0.2, -0.15) is 0 Å². The van der Waals surface area contributed by atoms with Crippen LogP contribution in [-0.2, 0) is 9.59 Å². The fourth-order valence-electron chi connectivity index (χ4n) is 2.04. The highest BCUT2D eigenvalue weighted by Gasteiger charge is 2.16. The second-order valence-electron chi connectivity index (χ2n) is 6.64. The van der Waals surface area contributed by atoms with Crippen molar-refractivity contribution in [1.29, 1.82) is 0 Å². The summed E-state index contributed by atoms with van der Waals surface area (Å²) in [5, 5.41) is 19.2. The molecule has 2 amide bonds. The molecule has 0 unspecified atom stereocenters. The van der Waals surface area contributed by atoms with E-state index in [2.05, 4.69) is 5.32 Å². The molecule has 1 aromatic carbocycles. The number of amides is 2. The first-order valence-electron chi connectivity index (χ1n) is 9.24. The van der Waals surface area contributed by atoms with E-state index in [9.17, 15) is 14.4 Å². The highest BCUT2D eigenvalue weighted by Crippen LogP contribution is 2.17. The fraction of sp³-hybridized carbons (Fsp3) is 0.450. The largest absolute Gasteiger partial charge is 0.492 e. The van der Waals surface area contributed by atoms with Crippen molar-refractivity contribution in [1.82, 2.24) is 15.1 Å². The molecular weight excluding hydrogens is 414 g/mol. The van der Waals surface area contributed by atoms with Crippen LogP contribution in [0.3, 0.4) is 0 Å². The molecule has 0 heterocycles. The van der Waals surface area contributed by atoms with Crippen molar-refractivity contribution in [3.63, 3.8) is 0 Å². The number of carbonyl (C=O) groups is 3. The zero-order valence-corrected chi connectivity index (χ0v) is 18.4. The molecule has 0 aliphatic heterocycles. The molecule has 10 heteroatoms. The molecular formula is C20H30ClN3O6. The van der Waals surface area contributed by atoms with E-state index in [1.807, 2.05) is 45.0 Å². The Bertz CT molecular complexity index is 694. The summed E-state index contributed by atoms with van der Waals surface area (Å²) in [5.41, 5.74) is 0. The lowest BCUT2D eigenvalue weighted by Gasteiger charge is -2.27. The highest BCUT2D eigenvalue weighted by molar-refractivity contribution is 6.30. The molecule has 0 aromatic heterocycles. The molecule has 30 heavy (non-hydrogen) atoms. The average molecular weight is 444 g/mol. The van der Waals surface area contributed by atoms with Gasteiger partial charge in [0.15, 0.2) is 0 Å². The predicted molar refractivity (Wildman–Crippen MR) is 115 cm³/mol.